The number of carbonyl (C=O) groups is 1. The van der Waals surface area contributed by atoms with E-state index in [4.69, 9.17) is 4.74 Å². The number of ether oxygens (including phenoxy) is 1. The van der Waals surface area contributed by atoms with Crippen LogP contribution in [0.2, 0.25) is 0 Å². The summed E-state index contributed by atoms with van der Waals surface area (Å²) in [6.07, 6.45) is 5.72. The molecule has 4 nitrogen and oxygen atoms in total. The molecule has 1 N–H and O–H groups in total. The molecular weight excluding hydrogens is 228 g/mol. The van der Waals surface area contributed by atoms with E-state index in [1.807, 2.05) is 11.8 Å². The van der Waals surface area contributed by atoms with Crippen LogP contribution in [0.5, 0.6) is 0 Å². The largest absolute Gasteiger partial charge is 0.368 e. The summed E-state index contributed by atoms with van der Waals surface area (Å²) in [5.41, 5.74) is 0. The van der Waals surface area contributed by atoms with Gasteiger partial charge in [0.2, 0.25) is 0 Å². The molecule has 2 heterocycles. The van der Waals surface area contributed by atoms with Crippen LogP contribution >= 0.6 is 0 Å². The predicted octanol–water partition coefficient (Wildman–Crippen LogP) is 1.40. The van der Waals surface area contributed by atoms with Gasteiger partial charge in [-0.1, -0.05) is 0 Å². The molecule has 0 bridgehead atoms. The molecule has 1 amide bonds. The van der Waals surface area contributed by atoms with Crippen molar-refractivity contribution in [3.05, 3.63) is 0 Å². The van der Waals surface area contributed by atoms with Crippen molar-refractivity contribution in [2.24, 2.45) is 5.92 Å². The lowest BCUT2D eigenvalue weighted by atomic mass is 10.0. The van der Waals surface area contributed by atoms with Crippen LogP contribution < -0.4 is 5.32 Å². The quantitative estimate of drug-likeness (QED) is 0.824. The van der Waals surface area contributed by atoms with E-state index >= 15 is 0 Å². The molecule has 4 heteroatoms. The van der Waals surface area contributed by atoms with E-state index in [9.17, 15) is 4.79 Å². The SMILES string of the molecule is CC(OCC1CCCNC1)C(=O)N1CCCCC1. The molecule has 2 aliphatic rings. The molecule has 2 atom stereocenters. The number of nitrogens with one attached hydrogen (secondary N) is 1. The molecule has 0 saturated carbocycles. The lowest BCUT2D eigenvalue weighted by molar-refractivity contribution is -0.144. The molecule has 18 heavy (non-hydrogen) atoms. The standard InChI is InChI=1S/C14H26N2O2/c1-12(14(17)16-8-3-2-4-9-16)18-11-13-6-5-7-15-10-13/h12-13,15H,2-11H2,1H3. The molecule has 0 aromatic heterocycles. The zero-order valence-corrected chi connectivity index (χ0v) is 11.5. The molecule has 0 spiro atoms. The highest BCUT2D eigenvalue weighted by Gasteiger charge is 2.23. The van der Waals surface area contributed by atoms with Gasteiger partial charge in [0.1, 0.15) is 6.10 Å². The van der Waals surface area contributed by atoms with Crippen molar-refractivity contribution in [3.8, 4) is 0 Å². The van der Waals surface area contributed by atoms with Gasteiger partial charge in [0.15, 0.2) is 0 Å². The average molecular weight is 254 g/mol. The summed E-state index contributed by atoms with van der Waals surface area (Å²) >= 11 is 0. The Kier molecular flexibility index (Phi) is 5.45. The number of amides is 1. The molecule has 0 aromatic carbocycles. The fourth-order valence-corrected chi connectivity index (χ4v) is 2.79. The van der Waals surface area contributed by atoms with Gasteiger partial charge in [-0.15, -0.1) is 0 Å². The van der Waals surface area contributed by atoms with Crippen LogP contribution in [0.15, 0.2) is 0 Å². The fraction of sp³-hybridized carbons (Fsp3) is 0.929. The highest BCUT2D eigenvalue weighted by atomic mass is 16.5. The first kappa shape index (κ1) is 13.8. The van der Waals surface area contributed by atoms with Crippen molar-refractivity contribution < 1.29 is 9.53 Å². The Bertz CT molecular complexity index is 259. The maximum atomic E-state index is 12.2. The van der Waals surface area contributed by atoms with Gasteiger partial charge < -0.3 is 15.0 Å². The first-order valence-electron chi connectivity index (χ1n) is 7.38. The number of carbonyl (C=O) groups excluding carboxylic acids is 1. The van der Waals surface area contributed by atoms with Crippen molar-refractivity contribution in [2.45, 2.75) is 45.1 Å². The van der Waals surface area contributed by atoms with Crippen molar-refractivity contribution in [1.29, 1.82) is 0 Å². The summed E-state index contributed by atoms with van der Waals surface area (Å²) in [5, 5.41) is 3.38. The second-order valence-electron chi connectivity index (χ2n) is 5.57. The smallest absolute Gasteiger partial charge is 0.251 e. The van der Waals surface area contributed by atoms with Crippen molar-refractivity contribution in [3.63, 3.8) is 0 Å². The van der Waals surface area contributed by atoms with Crippen LogP contribution in [-0.4, -0.2) is 49.7 Å². The van der Waals surface area contributed by atoms with E-state index in [1.165, 1.54) is 19.3 Å². The van der Waals surface area contributed by atoms with Crippen LogP contribution in [0.1, 0.15) is 39.0 Å². The number of rotatable bonds is 4. The van der Waals surface area contributed by atoms with Crippen LogP contribution in [0.3, 0.4) is 0 Å². The maximum Gasteiger partial charge on any atom is 0.251 e. The Labute approximate surface area is 110 Å². The molecule has 2 unspecified atom stereocenters. The Morgan fingerprint density at radius 3 is 2.78 bits per heavy atom. The van der Waals surface area contributed by atoms with Crippen LogP contribution in [0.25, 0.3) is 0 Å². The summed E-state index contributed by atoms with van der Waals surface area (Å²) < 4.78 is 5.77. The highest BCUT2D eigenvalue weighted by Crippen LogP contribution is 2.14. The van der Waals surface area contributed by atoms with Gasteiger partial charge in [0.25, 0.3) is 5.91 Å². The molecule has 2 fully saturated rings. The number of nitrogens with zero attached hydrogens (tertiary/aromatic N) is 1. The summed E-state index contributed by atoms with van der Waals surface area (Å²) in [6.45, 7) is 6.60. The third kappa shape index (κ3) is 3.95. The zero-order valence-electron chi connectivity index (χ0n) is 11.5. The lowest BCUT2D eigenvalue weighted by Crippen LogP contribution is -2.43. The molecule has 104 valence electrons. The molecule has 0 radical (unpaired) electrons. The highest BCUT2D eigenvalue weighted by molar-refractivity contribution is 5.80. The van der Waals surface area contributed by atoms with Gasteiger partial charge in [-0.05, 0) is 51.5 Å². The van der Waals surface area contributed by atoms with Crippen LogP contribution in [-0.2, 0) is 9.53 Å². The number of piperidine rings is 2. The molecule has 0 aromatic rings. The lowest BCUT2D eigenvalue weighted by Gasteiger charge is -2.30. The van der Waals surface area contributed by atoms with E-state index in [0.29, 0.717) is 12.5 Å². The third-order valence-electron chi connectivity index (χ3n) is 4.00. The molecular formula is C14H26N2O2. The maximum absolute atomic E-state index is 12.2. The second kappa shape index (κ2) is 7.10. The molecule has 2 saturated heterocycles. The van der Waals surface area contributed by atoms with Gasteiger partial charge in [0, 0.05) is 19.6 Å². The van der Waals surface area contributed by atoms with Crippen molar-refractivity contribution in [2.75, 3.05) is 32.8 Å². The minimum atomic E-state index is -0.273. The number of hydrogen-bond donors (Lipinski definition) is 1. The van der Waals surface area contributed by atoms with Gasteiger partial charge in [-0.3, -0.25) is 4.79 Å². The first-order valence-corrected chi connectivity index (χ1v) is 7.38. The summed E-state index contributed by atoms with van der Waals surface area (Å²) in [4.78, 5) is 14.1. The average Bonchev–Trinajstić information content (AvgIpc) is 2.46. The topological polar surface area (TPSA) is 41.6 Å². The van der Waals surface area contributed by atoms with E-state index < -0.39 is 0 Å². The van der Waals surface area contributed by atoms with E-state index in [2.05, 4.69) is 5.32 Å². The minimum absolute atomic E-state index is 0.179. The first-order chi connectivity index (χ1) is 8.77. The summed E-state index contributed by atoms with van der Waals surface area (Å²) in [5.74, 6) is 0.758. The number of likely N-dealkylation sites (tertiary alicyclic amines) is 1. The van der Waals surface area contributed by atoms with Crippen LogP contribution in [0, 0.1) is 5.92 Å². The van der Waals surface area contributed by atoms with Gasteiger partial charge in [-0.2, -0.15) is 0 Å². The van der Waals surface area contributed by atoms with Gasteiger partial charge in [0.05, 0.1) is 6.61 Å². The fourth-order valence-electron chi connectivity index (χ4n) is 2.79. The molecule has 2 rings (SSSR count). The Morgan fingerprint density at radius 2 is 2.11 bits per heavy atom. The normalized spacial score (nSPS) is 26.9. The predicted molar refractivity (Wildman–Crippen MR) is 71.4 cm³/mol. The van der Waals surface area contributed by atoms with Gasteiger partial charge >= 0.3 is 0 Å². The summed E-state index contributed by atoms with van der Waals surface area (Å²) in [7, 11) is 0. The Morgan fingerprint density at radius 1 is 1.33 bits per heavy atom. The summed E-state index contributed by atoms with van der Waals surface area (Å²) in [6, 6.07) is 0. The minimum Gasteiger partial charge on any atom is -0.368 e. The van der Waals surface area contributed by atoms with Crippen molar-refractivity contribution >= 4 is 5.91 Å². The second-order valence-corrected chi connectivity index (χ2v) is 5.57. The van der Waals surface area contributed by atoms with Gasteiger partial charge in [-0.25, -0.2) is 0 Å². The zero-order chi connectivity index (χ0) is 12.8. The molecule has 2 aliphatic heterocycles. The van der Waals surface area contributed by atoms with E-state index in [-0.39, 0.29) is 12.0 Å². The monoisotopic (exact) mass is 254 g/mol. The number of hydrogen-bond acceptors (Lipinski definition) is 3. The Hall–Kier alpha value is -0.610. The van der Waals surface area contributed by atoms with Crippen molar-refractivity contribution in [1.82, 2.24) is 10.2 Å². The Balaban J connectivity index is 1.69. The van der Waals surface area contributed by atoms with Crippen LogP contribution in [0.4, 0.5) is 0 Å². The van der Waals surface area contributed by atoms with E-state index in [0.717, 1.165) is 39.0 Å². The third-order valence-corrected chi connectivity index (χ3v) is 4.00. The molecule has 0 aliphatic carbocycles. The van der Waals surface area contributed by atoms with E-state index in [1.54, 1.807) is 0 Å².